The minimum Gasteiger partial charge on any atom is -0.458 e. The van der Waals surface area contributed by atoms with E-state index < -0.39 is 54.0 Å². The normalized spacial score (nSPS) is 50.5. The summed E-state index contributed by atoms with van der Waals surface area (Å²) < 4.78 is 22.4. The molecule has 0 aromatic heterocycles. The molecule has 5 rings (SSSR count). The van der Waals surface area contributed by atoms with Crippen LogP contribution in [0.25, 0.3) is 0 Å². The van der Waals surface area contributed by atoms with E-state index in [0.29, 0.717) is 5.92 Å². The highest BCUT2D eigenvalue weighted by Crippen LogP contribution is 2.69. The molecule has 3 aliphatic carbocycles. The molecule has 4 bridgehead atoms. The minimum atomic E-state index is -2.10. The van der Waals surface area contributed by atoms with Gasteiger partial charge in [0.1, 0.15) is 6.10 Å². The lowest BCUT2D eigenvalue weighted by atomic mass is 9.53. The summed E-state index contributed by atoms with van der Waals surface area (Å²) in [5.41, 5.74) is -1.92. The predicted molar refractivity (Wildman–Crippen MR) is 109 cm³/mol. The van der Waals surface area contributed by atoms with E-state index in [9.17, 15) is 19.5 Å². The molecule has 0 aromatic carbocycles. The number of esters is 3. The fourth-order valence-corrected chi connectivity index (χ4v) is 8.55. The van der Waals surface area contributed by atoms with Gasteiger partial charge in [-0.1, -0.05) is 27.2 Å². The van der Waals surface area contributed by atoms with Crippen LogP contribution in [0.4, 0.5) is 0 Å². The molecule has 0 aromatic rings. The van der Waals surface area contributed by atoms with Gasteiger partial charge in [-0.25, -0.2) is 4.79 Å². The first-order chi connectivity index (χ1) is 14.9. The summed E-state index contributed by atoms with van der Waals surface area (Å²) in [4.78, 5) is 36.8. The highest BCUT2D eigenvalue weighted by atomic mass is 16.8. The Balaban J connectivity index is 1.60. The second-order valence-corrected chi connectivity index (χ2v) is 11.5. The van der Waals surface area contributed by atoms with Gasteiger partial charge in [0.15, 0.2) is 0 Å². The molecule has 8 heteroatoms. The minimum absolute atomic E-state index is 0.0158. The fraction of sp³-hybridized carbons (Fsp3) is 0.875. The number of aliphatic hydroxyl groups is 1. The quantitative estimate of drug-likeness (QED) is 0.516. The van der Waals surface area contributed by atoms with Crippen LogP contribution >= 0.6 is 0 Å². The Morgan fingerprint density at radius 3 is 2.38 bits per heavy atom. The average molecular weight is 451 g/mol. The van der Waals surface area contributed by atoms with Crippen molar-refractivity contribution < 1.29 is 38.4 Å². The first-order valence-electron chi connectivity index (χ1n) is 11.8. The van der Waals surface area contributed by atoms with Crippen molar-refractivity contribution in [3.8, 4) is 0 Å². The second kappa shape index (κ2) is 6.92. The van der Waals surface area contributed by atoms with E-state index in [4.69, 9.17) is 18.9 Å². The number of hydrogen-bond acceptors (Lipinski definition) is 8. The molecule has 2 saturated heterocycles. The van der Waals surface area contributed by atoms with Crippen LogP contribution in [0, 0.1) is 40.4 Å². The van der Waals surface area contributed by atoms with Crippen molar-refractivity contribution in [2.24, 2.45) is 40.4 Å². The van der Waals surface area contributed by atoms with Gasteiger partial charge in [0, 0.05) is 25.7 Å². The topological polar surface area (TPSA) is 108 Å². The van der Waals surface area contributed by atoms with Gasteiger partial charge in [-0.05, 0) is 48.3 Å². The number of rotatable bonds is 3. The van der Waals surface area contributed by atoms with Crippen molar-refractivity contribution in [3.05, 3.63) is 0 Å². The predicted octanol–water partition coefficient (Wildman–Crippen LogP) is 2.56. The summed E-state index contributed by atoms with van der Waals surface area (Å²) in [6.07, 6.45) is 2.23. The number of fused-ring (bicyclic) bond motifs is 1. The molecule has 3 saturated carbocycles. The highest BCUT2D eigenvalue weighted by Gasteiger charge is 2.80. The Morgan fingerprint density at radius 1 is 1.03 bits per heavy atom. The molecule has 2 heterocycles. The van der Waals surface area contributed by atoms with Crippen molar-refractivity contribution in [1.82, 2.24) is 0 Å². The summed E-state index contributed by atoms with van der Waals surface area (Å²) >= 11 is 0. The average Bonchev–Trinajstić information content (AvgIpc) is 3.22. The maximum Gasteiger partial charge on any atom is 0.344 e. The molecule has 0 amide bonds. The highest BCUT2D eigenvalue weighted by molar-refractivity contribution is 5.84. The zero-order chi connectivity index (χ0) is 23.2. The molecule has 0 spiro atoms. The van der Waals surface area contributed by atoms with Gasteiger partial charge in [0.05, 0.1) is 5.92 Å². The zero-order valence-corrected chi connectivity index (χ0v) is 19.5. The van der Waals surface area contributed by atoms with E-state index in [1.807, 2.05) is 0 Å². The Hall–Kier alpha value is -1.67. The lowest BCUT2D eigenvalue weighted by Gasteiger charge is -2.51. The van der Waals surface area contributed by atoms with E-state index in [-0.39, 0.29) is 22.7 Å². The Morgan fingerprint density at radius 2 is 1.72 bits per heavy atom. The number of ether oxygens (including phenoxy) is 4. The SMILES string of the molecule is CC(=O)OC1OC2OC(=O)C3(O)C(OC(C)=O)C(C4CCC5C(C)(C)CCCC45C)C2C13. The Bertz CT molecular complexity index is 853. The molecule has 10 atom stereocenters. The molecule has 178 valence electrons. The summed E-state index contributed by atoms with van der Waals surface area (Å²) in [6.45, 7) is 9.53. The summed E-state index contributed by atoms with van der Waals surface area (Å²) in [5, 5.41) is 11.8. The molecule has 5 fully saturated rings. The Kier molecular flexibility index (Phi) is 4.79. The molecule has 5 aliphatic rings. The van der Waals surface area contributed by atoms with E-state index in [0.717, 1.165) is 25.7 Å². The summed E-state index contributed by atoms with van der Waals surface area (Å²) in [6, 6.07) is 0. The standard InChI is InChI=1S/C24H34O8/c1-11(25)29-18-15(13-7-8-14-22(3,4)9-6-10-23(13,14)5)16-17-20(30-12(2)26)31-19(16)32-21(27)24(17,18)28/h13-20,28H,6-10H2,1-5H3. The van der Waals surface area contributed by atoms with E-state index in [1.165, 1.54) is 20.3 Å². The van der Waals surface area contributed by atoms with Crippen LogP contribution in [0.3, 0.4) is 0 Å². The first kappa shape index (κ1) is 22.1. The van der Waals surface area contributed by atoms with Gasteiger partial charge in [0.25, 0.3) is 0 Å². The van der Waals surface area contributed by atoms with Gasteiger partial charge in [0.2, 0.25) is 18.2 Å². The molecule has 8 nitrogen and oxygen atoms in total. The van der Waals surface area contributed by atoms with Crippen LogP contribution in [-0.2, 0) is 33.3 Å². The first-order valence-corrected chi connectivity index (χ1v) is 11.8. The Labute approximate surface area is 188 Å². The number of carbonyl (C=O) groups excluding carboxylic acids is 3. The molecule has 0 radical (unpaired) electrons. The molecule has 32 heavy (non-hydrogen) atoms. The van der Waals surface area contributed by atoms with Crippen LogP contribution in [0.2, 0.25) is 0 Å². The monoisotopic (exact) mass is 450 g/mol. The van der Waals surface area contributed by atoms with Gasteiger partial charge < -0.3 is 24.1 Å². The summed E-state index contributed by atoms with van der Waals surface area (Å²) in [5.74, 6) is -2.93. The largest absolute Gasteiger partial charge is 0.458 e. The molecule has 2 aliphatic heterocycles. The van der Waals surface area contributed by atoms with Crippen molar-refractivity contribution in [3.63, 3.8) is 0 Å². The van der Waals surface area contributed by atoms with Gasteiger partial charge >= 0.3 is 17.9 Å². The van der Waals surface area contributed by atoms with Crippen molar-refractivity contribution >= 4 is 17.9 Å². The van der Waals surface area contributed by atoms with Crippen LogP contribution in [-0.4, -0.2) is 47.3 Å². The maximum absolute atomic E-state index is 13.0. The van der Waals surface area contributed by atoms with E-state index >= 15 is 0 Å². The third-order valence-corrected chi connectivity index (χ3v) is 9.51. The number of hydrogen-bond donors (Lipinski definition) is 1. The lowest BCUT2D eigenvalue weighted by Crippen LogP contribution is -2.57. The van der Waals surface area contributed by atoms with Crippen LogP contribution < -0.4 is 0 Å². The number of carbonyl (C=O) groups is 3. The molecule has 1 N–H and O–H groups in total. The molecule has 10 unspecified atom stereocenters. The van der Waals surface area contributed by atoms with Crippen LogP contribution in [0.15, 0.2) is 0 Å². The fourth-order valence-electron chi connectivity index (χ4n) is 8.55. The van der Waals surface area contributed by atoms with Crippen molar-refractivity contribution in [2.45, 2.75) is 91.0 Å². The van der Waals surface area contributed by atoms with Gasteiger partial charge in [-0.15, -0.1) is 0 Å². The van der Waals surface area contributed by atoms with Crippen LogP contribution in [0.1, 0.15) is 66.7 Å². The van der Waals surface area contributed by atoms with Gasteiger partial charge in [-0.3, -0.25) is 9.59 Å². The second-order valence-electron chi connectivity index (χ2n) is 11.5. The smallest absolute Gasteiger partial charge is 0.344 e. The van der Waals surface area contributed by atoms with Crippen molar-refractivity contribution in [1.29, 1.82) is 0 Å². The van der Waals surface area contributed by atoms with E-state index in [2.05, 4.69) is 20.8 Å². The lowest BCUT2D eigenvalue weighted by molar-refractivity contribution is -0.211. The third-order valence-electron chi connectivity index (χ3n) is 9.51. The maximum atomic E-state index is 13.0. The van der Waals surface area contributed by atoms with E-state index in [1.54, 1.807) is 0 Å². The van der Waals surface area contributed by atoms with Crippen molar-refractivity contribution in [2.75, 3.05) is 0 Å². The molecular weight excluding hydrogens is 416 g/mol. The molecular formula is C24H34O8. The van der Waals surface area contributed by atoms with Gasteiger partial charge in [-0.2, -0.15) is 0 Å². The third kappa shape index (κ3) is 2.77. The van der Waals surface area contributed by atoms with Crippen LogP contribution in [0.5, 0.6) is 0 Å². The zero-order valence-electron chi connectivity index (χ0n) is 19.5. The summed E-state index contributed by atoms with van der Waals surface area (Å²) in [7, 11) is 0.